The first-order chi connectivity index (χ1) is 8.63. The number of rotatable bonds is 3. The van der Waals surface area contributed by atoms with Gasteiger partial charge >= 0.3 is 0 Å². The Morgan fingerprint density at radius 1 is 1.50 bits per heavy atom. The minimum Gasteiger partial charge on any atom is -0.478 e. The van der Waals surface area contributed by atoms with Crippen molar-refractivity contribution in [1.29, 1.82) is 0 Å². The Labute approximate surface area is 113 Å². The molecule has 0 spiro atoms. The fourth-order valence-electron chi connectivity index (χ4n) is 2.24. The minimum absolute atomic E-state index is 0.184. The van der Waals surface area contributed by atoms with Crippen LogP contribution < -0.4 is 9.64 Å². The highest BCUT2D eigenvalue weighted by atomic mass is 35.5. The Balaban J connectivity index is 2.20. The molecule has 2 unspecified atom stereocenters. The summed E-state index contributed by atoms with van der Waals surface area (Å²) >= 11 is 6.35. The summed E-state index contributed by atoms with van der Waals surface area (Å²) in [5, 5.41) is 0.184. The summed E-state index contributed by atoms with van der Waals surface area (Å²) in [7, 11) is 0. The Hall–Kier alpha value is -1.03. The van der Waals surface area contributed by atoms with Crippen molar-refractivity contribution >= 4 is 17.4 Å². The molecule has 0 aliphatic carbocycles. The molecule has 0 aromatic carbocycles. The smallest absolute Gasteiger partial charge is 0.221 e. The summed E-state index contributed by atoms with van der Waals surface area (Å²) in [5.41, 5.74) is 0.998. The zero-order chi connectivity index (χ0) is 13.1. The van der Waals surface area contributed by atoms with Crippen LogP contribution in [-0.4, -0.2) is 35.0 Å². The van der Waals surface area contributed by atoms with Crippen LogP contribution in [0.1, 0.15) is 25.8 Å². The predicted molar refractivity (Wildman–Crippen MR) is 73.6 cm³/mol. The SMILES string of the molecule is CCOc1ncnc(N2CCC(C)C(Cl)C2)c1C. The molecule has 1 aliphatic heterocycles. The van der Waals surface area contributed by atoms with Crippen LogP contribution in [0, 0.1) is 12.8 Å². The highest BCUT2D eigenvalue weighted by molar-refractivity contribution is 6.21. The fourth-order valence-corrected chi connectivity index (χ4v) is 2.53. The molecule has 0 bridgehead atoms. The normalized spacial score (nSPS) is 24.1. The second-order valence-electron chi connectivity index (χ2n) is 4.79. The van der Waals surface area contributed by atoms with Crippen LogP contribution in [0.4, 0.5) is 5.82 Å². The second-order valence-corrected chi connectivity index (χ2v) is 5.35. The molecule has 1 aromatic heterocycles. The van der Waals surface area contributed by atoms with E-state index in [-0.39, 0.29) is 5.38 Å². The first kappa shape index (κ1) is 13.4. The van der Waals surface area contributed by atoms with Crippen molar-refractivity contribution in [3.8, 4) is 5.88 Å². The van der Waals surface area contributed by atoms with Crippen LogP contribution in [0.15, 0.2) is 6.33 Å². The molecule has 100 valence electrons. The zero-order valence-electron chi connectivity index (χ0n) is 11.2. The number of hydrogen-bond donors (Lipinski definition) is 0. The lowest BCUT2D eigenvalue weighted by atomic mass is 9.98. The van der Waals surface area contributed by atoms with Gasteiger partial charge in [-0.25, -0.2) is 9.97 Å². The summed E-state index contributed by atoms with van der Waals surface area (Å²) in [6.07, 6.45) is 2.66. The highest BCUT2D eigenvalue weighted by Gasteiger charge is 2.26. The fraction of sp³-hybridized carbons (Fsp3) is 0.692. The Morgan fingerprint density at radius 3 is 2.94 bits per heavy atom. The Kier molecular flexibility index (Phi) is 4.27. The summed E-state index contributed by atoms with van der Waals surface area (Å²) in [5.74, 6) is 2.19. The number of piperidine rings is 1. The van der Waals surface area contributed by atoms with Crippen LogP contribution in [-0.2, 0) is 0 Å². The standard InChI is InChI=1S/C13H20ClN3O/c1-4-18-13-10(3)12(15-8-16-13)17-6-5-9(2)11(14)7-17/h8-9,11H,4-7H2,1-3H3. The molecule has 4 nitrogen and oxygen atoms in total. The van der Waals surface area contributed by atoms with Gasteiger partial charge in [-0.2, -0.15) is 0 Å². The molecular formula is C13H20ClN3O. The van der Waals surface area contributed by atoms with Gasteiger partial charge in [0.15, 0.2) is 0 Å². The van der Waals surface area contributed by atoms with E-state index in [1.54, 1.807) is 6.33 Å². The maximum Gasteiger partial charge on any atom is 0.221 e. The van der Waals surface area contributed by atoms with E-state index in [1.807, 2.05) is 13.8 Å². The maximum atomic E-state index is 6.35. The molecule has 1 aromatic rings. The average molecular weight is 270 g/mol. The number of alkyl halides is 1. The number of ether oxygens (including phenoxy) is 1. The molecule has 0 saturated carbocycles. The molecule has 2 atom stereocenters. The van der Waals surface area contributed by atoms with Crippen LogP contribution >= 0.6 is 11.6 Å². The first-order valence-electron chi connectivity index (χ1n) is 6.46. The van der Waals surface area contributed by atoms with Gasteiger partial charge in [0, 0.05) is 13.1 Å². The molecule has 18 heavy (non-hydrogen) atoms. The number of hydrogen-bond acceptors (Lipinski definition) is 4. The maximum absolute atomic E-state index is 6.35. The van der Waals surface area contributed by atoms with E-state index in [4.69, 9.17) is 16.3 Å². The number of aromatic nitrogens is 2. The van der Waals surface area contributed by atoms with E-state index < -0.39 is 0 Å². The van der Waals surface area contributed by atoms with Crippen LogP contribution in [0.2, 0.25) is 0 Å². The lowest BCUT2D eigenvalue weighted by Crippen LogP contribution is -2.41. The van der Waals surface area contributed by atoms with Crippen molar-refractivity contribution in [3.05, 3.63) is 11.9 Å². The molecule has 5 heteroatoms. The summed E-state index contributed by atoms with van der Waals surface area (Å²) in [4.78, 5) is 10.8. The van der Waals surface area contributed by atoms with E-state index in [1.165, 1.54) is 0 Å². The number of halogens is 1. The topological polar surface area (TPSA) is 38.3 Å². The molecule has 2 rings (SSSR count). The van der Waals surface area contributed by atoms with E-state index in [0.29, 0.717) is 18.4 Å². The van der Waals surface area contributed by atoms with Crippen molar-refractivity contribution in [1.82, 2.24) is 9.97 Å². The van der Waals surface area contributed by atoms with E-state index in [2.05, 4.69) is 21.8 Å². The molecule has 1 fully saturated rings. The largest absolute Gasteiger partial charge is 0.478 e. The second kappa shape index (κ2) is 5.74. The van der Waals surface area contributed by atoms with Crippen molar-refractivity contribution in [2.24, 2.45) is 5.92 Å². The van der Waals surface area contributed by atoms with Gasteiger partial charge < -0.3 is 9.64 Å². The van der Waals surface area contributed by atoms with Crippen molar-refractivity contribution in [2.75, 3.05) is 24.6 Å². The summed E-state index contributed by atoms with van der Waals surface area (Å²) in [6.45, 7) is 8.61. The third-order valence-electron chi connectivity index (χ3n) is 3.46. The molecule has 0 N–H and O–H groups in total. The van der Waals surface area contributed by atoms with Gasteiger partial charge in [0.25, 0.3) is 0 Å². The molecule has 0 radical (unpaired) electrons. The quantitative estimate of drug-likeness (QED) is 0.791. The minimum atomic E-state index is 0.184. The number of nitrogens with zero attached hydrogens (tertiary/aromatic N) is 3. The molecule has 1 saturated heterocycles. The summed E-state index contributed by atoms with van der Waals surface area (Å²) in [6, 6.07) is 0. The molecule has 0 amide bonds. The molecule has 2 heterocycles. The van der Waals surface area contributed by atoms with Gasteiger partial charge in [0.2, 0.25) is 5.88 Å². The third-order valence-corrected chi connectivity index (χ3v) is 4.03. The van der Waals surface area contributed by atoms with Gasteiger partial charge in [-0.15, -0.1) is 11.6 Å². The molecule has 1 aliphatic rings. The van der Waals surface area contributed by atoms with E-state index >= 15 is 0 Å². The number of anilines is 1. The van der Waals surface area contributed by atoms with E-state index in [0.717, 1.165) is 30.9 Å². The van der Waals surface area contributed by atoms with Gasteiger partial charge in [-0.1, -0.05) is 6.92 Å². The van der Waals surface area contributed by atoms with Crippen LogP contribution in [0.3, 0.4) is 0 Å². The average Bonchev–Trinajstić information content (AvgIpc) is 2.36. The first-order valence-corrected chi connectivity index (χ1v) is 6.90. The Morgan fingerprint density at radius 2 is 2.28 bits per heavy atom. The van der Waals surface area contributed by atoms with Crippen molar-refractivity contribution < 1.29 is 4.74 Å². The van der Waals surface area contributed by atoms with Crippen molar-refractivity contribution in [2.45, 2.75) is 32.6 Å². The van der Waals surface area contributed by atoms with Gasteiger partial charge in [-0.05, 0) is 26.2 Å². The van der Waals surface area contributed by atoms with Crippen molar-refractivity contribution in [3.63, 3.8) is 0 Å². The van der Waals surface area contributed by atoms with Gasteiger partial charge in [0.1, 0.15) is 12.1 Å². The van der Waals surface area contributed by atoms with Gasteiger partial charge in [-0.3, -0.25) is 0 Å². The monoisotopic (exact) mass is 269 g/mol. The lowest BCUT2D eigenvalue weighted by Gasteiger charge is -2.35. The summed E-state index contributed by atoms with van der Waals surface area (Å²) < 4.78 is 5.51. The van der Waals surface area contributed by atoms with Gasteiger partial charge in [0.05, 0.1) is 17.5 Å². The molecular weight excluding hydrogens is 250 g/mol. The van der Waals surface area contributed by atoms with E-state index in [9.17, 15) is 0 Å². The third kappa shape index (κ3) is 2.69. The Bertz CT molecular complexity index is 413. The van der Waals surface area contributed by atoms with Crippen LogP contribution in [0.5, 0.6) is 5.88 Å². The predicted octanol–water partition coefficient (Wildman–Crippen LogP) is 2.64. The highest BCUT2D eigenvalue weighted by Crippen LogP contribution is 2.29. The lowest BCUT2D eigenvalue weighted by molar-refractivity contribution is 0.323. The van der Waals surface area contributed by atoms with Crippen LogP contribution in [0.25, 0.3) is 0 Å². The zero-order valence-corrected chi connectivity index (χ0v) is 11.9.